The highest BCUT2D eigenvalue weighted by molar-refractivity contribution is 7.15. The third-order valence-corrected chi connectivity index (χ3v) is 5.15. The number of nitrogens with two attached hydrogens (primary N) is 1. The quantitative estimate of drug-likeness (QED) is 0.887. The van der Waals surface area contributed by atoms with Crippen molar-refractivity contribution in [3.05, 3.63) is 27.6 Å². The number of nitrogens with zero attached hydrogens (tertiary/aromatic N) is 1. The number of anilines is 2. The number of rotatable bonds is 2. The lowest BCUT2D eigenvalue weighted by Crippen LogP contribution is -2.10. The van der Waals surface area contributed by atoms with Gasteiger partial charge in [0.25, 0.3) is 0 Å². The molecule has 1 aliphatic rings. The smallest absolute Gasteiger partial charge is 0.232 e. The van der Waals surface area contributed by atoms with Gasteiger partial charge in [0.05, 0.1) is 11.6 Å². The van der Waals surface area contributed by atoms with Crippen LogP contribution >= 0.6 is 11.3 Å². The Labute approximate surface area is 128 Å². The fraction of sp³-hybridized carbons (Fsp3) is 0.375. The monoisotopic (exact) mass is 301 g/mol. The van der Waals surface area contributed by atoms with Crippen LogP contribution in [-0.2, 0) is 4.79 Å². The molecular weight excluding hydrogens is 282 g/mol. The lowest BCUT2D eigenvalue weighted by molar-refractivity contribution is -0.117. The molecule has 2 aromatic rings. The van der Waals surface area contributed by atoms with Crippen molar-refractivity contribution in [3.8, 4) is 11.3 Å². The fourth-order valence-electron chi connectivity index (χ4n) is 3.05. The van der Waals surface area contributed by atoms with E-state index in [9.17, 15) is 4.79 Å². The standard InChI is InChI=1S/C16H19N3OS/c1-5-10-12-6-11(14-9(4)21-16(17)19-14)7(2)8(3)13(12)18-15(10)20/h6,10H,5H2,1-4H3,(H2,17,19)(H,18,20). The van der Waals surface area contributed by atoms with Crippen LogP contribution in [0.3, 0.4) is 0 Å². The van der Waals surface area contributed by atoms with Gasteiger partial charge in [-0.3, -0.25) is 4.79 Å². The van der Waals surface area contributed by atoms with Crippen molar-refractivity contribution in [1.29, 1.82) is 0 Å². The first-order chi connectivity index (χ1) is 9.93. The third-order valence-electron chi connectivity index (χ3n) is 4.35. The number of fused-ring (bicyclic) bond motifs is 1. The van der Waals surface area contributed by atoms with Gasteiger partial charge in [-0.25, -0.2) is 4.98 Å². The maximum Gasteiger partial charge on any atom is 0.232 e. The molecule has 1 amide bonds. The molecule has 0 spiro atoms. The normalized spacial score (nSPS) is 17.0. The molecule has 0 bridgehead atoms. The summed E-state index contributed by atoms with van der Waals surface area (Å²) < 4.78 is 0. The van der Waals surface area contributed by atoms with E-state index in [1.807, 2.05) is 13.8 Å². The molecule has 3 rings (SSSR count). The maximum atomic E-state index is 12.1. The van der Waals surface area contributed by atoms with E-state index < -0.39 is 0 Å². The highest BCUT2D eigenvalue weighted by atomic mass is 32.1. The summed E-state index contributed by atoms with van der Waals surface area (Å²) in [7, 11) is 0. The fourth-order valence-corrected chi connectivity index (χ4v) is 3.76. The number of aryl methyl sites for hydroxylation is 1. The molecular formula is C16H19N3OS. The number of benzene rings is 1. The predicted octanol–water partition coefficient (Wildman–Crippen LogP) is 3.76. The van der Waals surface area contributed by atoms with E-state index in [1.165, 1.54) is 11.3 Å². The van der Waals surface area contributed by atoms with Gasteiger partial charge in [-0.1, -0.05) is 6.92 Å². The summed E-state index contributed by atoms with van der Waals surface area (Å²) >= 11 is 1.50. The summed E-state index contributed by atoms with van der Waals surface area (Å²) in [5.41, 5.74) is 12.2. The second-order valence-corrected chi connectivity index (χ2v) is 6.78. The second-order valence-electron chi connectivity index (χ2n) is 5.55. The zero-order chi connectivity index (χ0) is 15.3. The number of thiazole rings is 1. The zero-order valence-corrected chi connectivity index (χ0v) is 13.5. The molecule has 5 heteroatoms. The summed E-state index contributed by atoms with van der Waals surface area (Å²) in [6, 6.07) is 2.12. The number of nitrogens with one attached hydrogen (secondary N) is 1. The van der Waals surface area contributed by atoms with E-state index in [4.69, 9.17) is 5.73 Å². The largest absolute Gasteiger partial charge is 0.375 e. The number of aromatic nitrogens is 1. The van der Waals surface area contributed by atoms with Crippen LogP contribution < -0.4 is 11.1 Å². The summed E-state index contributed by atoms with van der Waals surface area (Å²) in [5, 5.41) is 3.61. The van der Waals surface area contributed by atoms with E-state index >= 15 is 0 Å². The number of hydrogen-bond acceptors (Lipinski definition) is 4. The van der Waals surface area contributed by atoms with Crippen LogP contribution in [0, 0.1) is 20.8 Å². The molecule has 3 N–H and O–H groups in total. The Bertz CT molecular complexity index is 748. The van der Waals surface area contributed by atoms with Crippen LogP contribution in [0.5, 0.6) is 0 Å². The molecule has 2 heterocycles. The molecule has 0 fully saturated rings. The van der Waals surface area contributed by atoms with E-state index in [2.05, 4.69) is 30.2 Å². The molecule has 0 radical (unpaired) electrons. The Morgan fingerprint density at radius 2 is 2.05 bits per heavy atom. The van der Waals surface area contributed by atoms with Gasteiger partial charge in [0.2, 0.25) is 5.91 Å². The van der Waals surface area contributed by atoms with Crippen molar-refractivity contribution in [1.82, 2.24) is 4.98 Å². The van der Waals surface area contributed by atoms with Gasteiger partial charge >= 0.3 is 0 Å². The van der Waals surface area contributed by atoms with Crippen LogP contribution in [0.25, 0.3) is 11.3 Å². The first kappa shape index (κ1) is 14.1. The van der Waals surface area contributed by atoms with Gasteiger partial charge in [0.1, 0.15) is 0 Å². The summed E-state index contributed by atoms with van der Waals surface area (Å²) in [6.45, 7) is 8.21. The van der Waals surface area contributed by atoms with Crippen LogP contribution in [-0.4, -0.2) is 10.9 Å². The van der Waals surface area contributed by atoms with Crippen molar-refractivity contribution in [2.45, 2.75) is 40.0 Å². The molecule has 1 atom stereocenters. The summed E-state index contributed by atoms with van der Waals surface area (Å²) in [4.78, 5) is 17.7. The van der Waals surface area contributed by atoms with E-state index in [-0.39, 0.29) is 11.8 Å². The van der Waals surface area contributed by atoms with Crippen molar-refractivity contribution in [2.75, 3.05) is 11.1 Å². The Morgan fingerprint density at radius 3 is 2.62 bits per heavy atom. The highest BCUT2D eigenvalue weighted by Gasteiger charge is 2.32. The minimum Gasteiger partial charge on any atom is -0.375 e. The molecule has 0 saturated heterocycles. The molecule has 4 nitrogen and oxygen atoms in total. The van der Waals surface area contributed by atoms with Gasteiger partial charge < -0.3 is 11.1 Å². The number of nitrogen functional groups attached to an aromatic ring is 1. The molecule has 21 heavy (non-hydrogen) atoms. The molecule has 1 unspecified atom stereocenters. The number of carbonyl (C=O) groups is 1. The SMILES string of the molecule is CCC1C(=O)Nc2c1cc(-c1nc(N)sc1C)c(C)c2C. The minimum atomic E-state index is -0.0608. The average molecular weight is 301 g/mol. The topological polar surface area (TPSA) is 68.0 Å². The van der Waals surface area contributed by atoms with Crippen LogP contribution in [0.2, 0.25) is 0 Å². The van der Waals surface area contributed by atoms with Crippen LogP contribution in [0.15, 0.2) is 6.07 Å². The minimum absolute atomic E-state index is 0.0608. The average Bonchev–Trinajstić information content (AvgIpc) is 2.93. The summed E-state index contributed by atoms with van der Waals surface area (Å²) in [5.74, 6) is 0.0380. The second kappa shape index (κ2) is 4.84. The number of amides is 1. The lowest BCUT2D eigenvalue weighted by atomic mass is 9.90. The Morgan fingerprint density at radius 1 is 1.33 bits per heavy atom. The molecule has 0 saturated carbocycles. The molecule has 1 aromatic carbocycles. The summed E-state index contributed by atoms with van der Waals surface area (Å²) in [6.07, 6.45) is 0.805. The van der Waals surface area contributed by atoms with Gasteiger partial charge in [-0.05, 0) is 49.9 Å². The lowest BCUT2D eigenvalue weighted by Gasteiger charge is -2.14. The van der Waals surface area contributed by atoms with E-state index in [0.29, 0.717) is 5.13 Å². The Balaban J connectivity index is 2.25. The maximum absolute atomic E-state index is 12.1. The number of hydrogen-bond donors (Lipinski definition) is 2. The number of carbonyl (C=O) groups excluding carboxylic acids is 1. The molecule has 1 aliphatic heterocycles. The van der Waals surface area contributed by atoms with E-state index in [0.717, 1.165) is 44.9 Å². The van der Waals surface area contributed by atoms with Gasteiger partial charge in [-0.2, -0.15) is 0 Å². The zero-order valence-electron chi connectivity index (χ0n) is 12.7. The van der Waals surface area contributed by atoms with Crippen molar-refractivity contribution >= 4 is 28.1 Å². The first-order valence-electron chi connectivity index (χ1n) is 7.12. The molecule has 110 valence electrons. The van der Waals surface area contributed by atoms with Gasteiger partial charge in [-0.15, -0.1) is 11.3 Å². The van der Waals surface area contributed by atoms with Crippen LogP contribution in [0.4, 0.5) is 10.8 Å². The third kappa shape index (κ3) is 2.03. The van der Waals surface area contributed by atoms with Crippen molar-refractivity contribution in [3.63, 3.8) is 0 Å². The van der Waals surface area contributed by atoms with Crippen LogP contribution in [0.1, 0.15) is 40.8 Å². The Kier molecular flexibility index (Phi) is 3.24. The Hall–Kier alpha value is -1.88. The van der Waals surface area contributed by atoms with Crippen molar-refractivity contribution < 1.29 is 4.79 Å². The van der Waals surface area contributed by atoms with Gasteiger partial charge in [0, 0.05) is 16.1 Å². The highest BCUT2D eigenvalue weighted by Crippen LogP contribution is 2.43. The van der Waals surface area contributed by atoms with Gasteiger partial charge in [0.15, 0.2) is 5.13 Å². The predicted molar refractivity (Wildman–Crippen MR) is 87.8 cm³/mol. The molecule has 0 aliphatic carbocycles. The van der Waals surface area contributed by atoms with E-state index in [1.54, 1.807) is 0 Å². The van der Waals surface area contributed by atoms with Crippen molar-refractivity contribution in [2.24, 2.45) is 0 Å². The first-order valence-corrected chi connectivity index (χ1v) is 7.93. The molecule has 1 aromatic heterocycles.